The molecule has 0 radical (unpaired) electrons. The van der Waals surface area contributed by atoms with Crippen LogP contribution in [0.1, 0.15) is 12.6 Å². The van der Waals surface area contributed by atoms with Gasteiger partial charge in [0.25, 0.3) is 0 Å². The van der Waals surface area contributed by atoms with Gasteiger partial charge in [-0.25, -0.2) is 9.78 Å². The fourth-order valence-corrected chi connectivity index (χ4v) is 1.53. The van der Waals surface area contributed by atoms with Crippen LogP contribution in [0.5, 0.6) is 0 Å². The lowest BCUT2D eigenvalue weighted by Crippen LogP contribution is -2.33. The Balaban J connectivity index is 2.20. The van der Waals surface area contributed by atoms with Crippen molar-refractivity contribution in [3.05, 3.63) is 16.6 Å². The summed E-state index contributed by atoms with van der Waals surface area (Å²) in [6.07, 6.45) is 0.620. The minimum absolute atomic E-state index is 0.207. The second kappa shape index (κ2) is 6.13. The van der Waals surface area contributed by atoms with E-state index in [1.54, 1.807) is 12.4 Å². The van der Waals surface area contributed by atoms with Crippen molar-refractivity contribution in [2.24, 2.45) is 0 Å². The molecule has 1 amide bonds. The predicted octanol–water partition coefficient (Wildman–Crippen LogP) is 0.365. The molecule has 0 unspecified atom stereocenters. The molecule has 1 aromatic rings. The maximum absolute atomic E-state index is 11.1. The van der Waals surface area contributed by atoms with Gasteiger partial charge in [-0.15, -0.1) is 11.3 Å². The highest BCUT2D eigenvalue weighted by atomic mass is 32.1. The number of nitrogens with zero attached hydrogens (tertiary/aromatic N) is 1. The van der Waals surface area contributed by atoms with Crippen molar-refractivity contribution in [3.63, 3.8) is 0 Å². The molecule has 1 rings (SSSR count). The van der Waals surface area contributed by atoms with Crippen molar-refractivity contribution in [1.29, 1.82) is 0 Å². The Morgan fingerprint density at radius 1 is 1.60 bits per heavy atom. The van der Waals surface area contributed by atoms with Crippen LogP contribution in [-0.4, -0.2) is 30.0 Å². The van der Waals surface area contributed by atoms with Crippen molar-refractivity contribution in [2.45, 2.75) is 13.3 Å². The van der Waals surface area contributed by atoms with E-state index < -0.39 is 11.9 Å². The van der Waals surface area contributed by atoms with Gasteiger partial charge >= 0.3 is 11.9 Å². The summed E-state index contributed by atoms with van der Waals surface area (Å²) in [5.41, 5.74) is 2.63. The van der Waals surface area contributed by atoms with Gasteiger partial charge in [0.05, 0.1) is 17.8 Å². The van der Waals surface area contributed by atoms with Crippen LogP contribution in [0.4, 0.5) is 0 Å². The molecular formula is C9H12N2O3S. The van der Waals surface area contributed by atoms with Crippen LogP contribution in [0.15, 0.2) is 10.9 Å². The average Bonchev–Trinajstić information content (AvgIpc) is 2.71. The number of ether oxygens (including phenoxy) is 1. The van der Waals surface area contributed by atoms with Crippen molar-refractivity contribution >= 4 is 23.2 Å². The topological polar surface area (TPSA) is 68.3 Å². The molecule has 0 atom stereocenters. The molecule has 0 saturated carbocycles. The molecule has 82 valence electrons. The summed E-state index contributed by atoms with van der Waals surface area (Å²) in [5.74, 6) is -1.54. The van der Waals surface area contributed by atoms with Crippen molar-refractivity contribution in [3.8, 4) is 0 Å². The molecule has 0 aromatic carbocycles. The van der Waals surface area contributed by atoms with Crippen LogP contribution in [0, 0.1) is 0 Å². The number of amides is 1. The fourth-order valence-electron chi connectivity index (χ4n) is 0.934. The number of carbonyl (C=O) groups is 2. The minimum Gasteiger partial charge on any atom is -0.459 e. The van der Waals surface area contributed by atoms with Gasteiger partial charge in [0, 0.05) is 18.3 Å². The molecule has 1 N–H and O–H groups in total. The number of thiazole rings is 1. The molecule has 1 heterocycles. The lowest BCUT2D eigenvalue weighted by molar-refractivity contribution is -0.154. The number of esters is 1. The van der Waals surface area contributed by atoms with Crippen LogP contribution >= 0.6 is 11.3 Å². The maximum atomic E-state index is 11.1. The quantitative estimate of drug-likeness (QED) is 0.597. The molecule has 0 fully saturated rings. The highest BCUT2D eigenvalue weighted by Gasteiger charge is 2.13. The monoisotopic (exact) mass is 228 g/mol. The number of rotatable bonds is 4. The summed E-state index contributed by atoms with van der Waals surface area (Å²) >= 11 is 1.50. The van der Waals surface area contributed by atoms with E-state index in [0.29, 0.717) is 13.0 Å². The second-order valence-corrected chi connectivity index (χ2v) is 3.42. The minimum atomic E-state index is -0.837. The first-order valence-electron chi connectivity index (χ1n) is 4.56. The van der Waals surface area contributed by atoms with Crippen LogP contribution in [0.2, 0.25) is 0 Å². The summed E-state index contributed by atoms with van der Waals surface area (Å²) in [4.78, 5) is 26.0. The molecule has 0 aliphatic carbocycles. The molecule has 0 saturated heterocycles. The van der Waals surface area contributed by atoms with Crippen LogP contribution < -0.4 is 5.32 Å². The second-order valence-electron chi connectivity index (χ2n) is 2.71. The average molecular weight is 228 g/mol. The molecule has 1 aromatic heterocycles. The number of aromatic nitrogens is 1. The van der Waals surface area contributed by atoms with E-state index in [4.69, 9.17) is 0 Å². The zero-order chi connectivity index (χ0) is 11.1. The lowest BCUT2D eigenvalue weighted by Gasteiger charge is -2.02. The van der Waals surface area contributed by atoms with Crippen molar-refractivity contribution < 1.29 is 14.3 Å². The Bertz CT molecular complexity index is 324. The number of nitrogens with one attached hydrogen (secondary N) is 1. The van der Waals surface area contributed by atoms with Gasteiger partial charge in [-0.05, 0) is 6.92 Å². The highest BCUT2D eigenvalue weighted by molar-refractivity contribution is 7.07. The van der Waals surface area contributed by atoms with Crippen LogP contribution in [0.3, 0.4) is 0 Å². The molecule has 0 spiro atoms. The zero-order valence-electron chi connectivity index (χ0n) is 8.36. The summed E-state index contributed by atoms with van der Waals surface area (Å²) in [7, 11) is 0. The summed E-state index contributed by atoms with van der Waals surface area (Å²) < 4.78 is 4.53. The Labute approximate surface area is 91.5 Å². The van der Waals surface area contributed by atoms with Gasteiger partial charge < -0.3 is 10.1 Å². The molecule has 6 heteroatoms. The van der Waals surface area contributed by atoms with Gasteiger partial charge in [0.1, 0.15) is 0 Å². The first-order valence-corrected chi connectivity index (χ1v) is 5.50. The molecule has 15 heavy (non-hydrogen) atoms. The molecular weight excluding hydrogens is 216 g/mol. The first kappa shape index (κ1) is 11.6. The van der Waals surface area contributed by atoms with Crippen molar-refractivity contribution in [1.82, 2.24) is 10.3 Å². The summed E-state index contributed by atoms with van der Waals surface area (Å²) in [6.45, 7) is 2.25. The van der Waals surface area contributed by atoms with Crippen LogP contribution in [-0.2, 0) is 20.7 Å². The van der Waals surface area contributed by atoms with E-state index in [1.165, 1.54) is 11.3 Å². The normalized spacial score (nSPS) is 9.67. The van der Waals surface area contributed by atoms with Gasteiger partial charge in [-0.3, -0.25) is 4.79 Å². The van der Waals surface area contributed by atoms with Crippen LogP contribution in [0.25, 0.3) is 0 Å². The zero-order valence-corrected chi connectivity index (χ0v) is 9.17. The third-order valence-electron chi connectivity index (χ3n) is 1.61. The largest absolute Gasteiger partial charge is 0.459 e. The Kier molecular flexibility index (Phi) is 4.76. The van der Waals surface area contributed by atoms with Gasteiger partial charge in [0.2, 0.25) is 0 Å². The maximum Gasteiger partial charge on any atom is 0.396 e. The lowest BCUT2D eigenvalue weighted by atomic mass is 10.3. The third-order valence-corrected chi connectivity index (χ3v) is 2.25. The highest BCUT2D eigenvalue weighted by Crippen LogP contribution is 2.00. The van der Waals surface area contributed by atoms with Gasteiger partial charge in [-0.2, -0.15) is 0 Å². The molecule has 5 nitrogen and oxygen atoms in total. The molecule has 0 aliphatic rings. The van der Waals surface area contributed by atoms with Gasteiger partial charge in [-0.1, -0.05) is 0 Å². The first-order chi connectivity index (χ1) is 7.24. The smallest absolute Gasteiger partial charge is 0.396 e. The van der Waals surface area contributed by atoms with E-state index in [1.807, 2.05) is 5.38 Å². The standard InChI is InChI=1S/C9H12N2O3S/c1-2-14-9(13)8(12)10-4-3-7-5-15-6-11-7/h5-6H,2-4H2,1H3,(H,10,12). The summed E-state index contributed by atoms with van der Waals surface area (Å²) in [6, 6.07) is 0. The SMILES string of the molecule is CCOC(=O)C(=O)NCCc1cscn1. The number of hydrogen-bond acceptors (Lipinski definition) is 5. The van der Waals surface area contributed by atoms with Crippen molar-refractivity contribution in [2.75, 3.05) is 13.2 Å². The Hall–Kier alpha value is -1.43. The summed E-state index contributed by atoms with van der Waals surface area (Å²) in [5, 5.41) is 4.36. The van der Waals surface area contributed by atoms with Gasteiger partial charge in [0.15, 0.2) is 0 Å². The van der Waals surface area contributed by atoms with E-state index in [2.05, 4.69) is 15.0 Å². The molecule has 0 aliphatic heterocycles. The Morgan fingerprint density at radius 3 is 3.00 bits per heavy atom. The van der Waals surface area contributed by atoms with E-state index in [-0.39, 0.29) is 6.61 Å². The Morgan fingerprint density at radius 2 is 2.40 bits per heavy atom. The fraction of sp³-hybridized carbons (Fsp3) is 0.444. The predicted molar refractivity (Wildman–Crippen MR) is 55.5 cm³/mol. The van der Waals surface area contributed by atoms with E-state index >= 15 is 0 Å². The molecule has 0 bridgehead atoms. The van der Waals surface area contributed by atoms with E-state index in [9.17, 15) is 9.59 Å². The number of hydrogen-bond donors (Lipinski definition) is 1. The van der Waals surface area contributed by atoms with E-state index in [0.717, 1.165) is 5.69 Å². The number of carbonyl (C=O) groups excluding carboxylic acids is 2. The third kappa shape index (κ3) is 4.07.